The first-order valence-corrected chi connectivity index (χ1v) is 7.87. The van der Waals surface area contributed by atoms with Gasteiger partial charge in [-0.1, -0.05) is 33.6 Å². The Morgan fingerprint density at radius 3 is 1.95 bits per heavy atom. The lowest BCUT2D eigenvalue weighted by Gasteiger charge is -2.24. The van der Waals surface area contributed by atoms with Crippen molar-refractivity contribution >= 4 is 5.97 Å². The lowest BCUT2D eigenvalue weighted by atomic mass is 9.91. The second-order valence-corrected chi connectivity index (χ2v) is 5.92. The summed E-state index contributed by atoms with van der Waals surface area (Å²) in [6.07, 6.45) is 5.69. The molecule has 0 radical (unpaired) electrons. The van der Waals surface area contributed by atoms with Crippen molar-refractivity contribution in [2.45, 2.75) is 66.7 Å². The molecule has 0 spiro atoms. The molecule has 0 N–H and O–H groups in total. The molecule has 0 saturated carbocycles. The number of rotatable bonds is 11. The average molecular weight is 271 g/mol. The largest absolute Gasteiger partial charge is 0.464 e. The summed E-state index contributed by atoms with van der Waals surface area (Å²) in [4.78, 5) is 14.3. The van der Waals surface area contributed by atoms with Crippen LogP contribution in [0.3, 0.4) is 0 Å². The van der Waals surface area contributed by atoms with Gasteiger partial charge in [0.25, 0.3) is 0 Å². The molecule has 0 aliphatic heterocycles. The maximum absolute atomic E-state index is 11.9. The fourth-order valence-corrected chi connectivity index (χ4v) is 1.71. The van der Waals surface area contributed by atoms with Gasteiger partial charge in [-0.2, -0.15) is 0 Å². The molecule has 0 atom stereocenters. The summed E-state index contributed by atoms with van der Waals surface area (Å²) in [7, 11) is 0. The minimum atomic E-state index is -0.350. The highest BCUT2D eigenvalue weighted by Crippen LogP contribution is 2.21. The van der Waals surface area contributed by atoms with E-state index in [0.717, 1.165) is 26.1 Å². The highest BCUT2D eigenvalue weighted by molar-refractivity contribution is 5.75. The van der Waals surface area contributed by atoms with E-state index in [1.165, 1.54) is 25.7 Å². The van der Waals surface area contributed by atoms with E-state index in [2.05, 4.69) is 18.7 Å². The Labute approximate surface area is 119 Å². The Morgan fingerprint density at radius 2 is 1.53 bits per heavy atom. The van der Waals surface area contributed by atoms with Gasteiger partial charge in [-0.3, -0.25) is 9.69 Å². The number of carbonyl (C=O) groups excluding carboxylic acids is 1. The Kier molecular flexibility index (Phi) is 9.94. The van der Waals surface area contributed by atoms with Crippen LogP contribution < -0.4 is 0 Å². The van der Waals surface area contributed by atoms with E-state index in [0.29, 0.717) is 6.61 Å². The van der Waals surface area contributed by atoms with Gasteiger partial charge in [-0.25, -0.2) is 0 Å². The fourth-order valence-electron chi connectivity index (χ4n) is 1.71. The number of carbonyl (C=O) groups is 1. The number of ether oxygens (including phenoxy) is 1. The molecule has 3 nitrogen and oxygen atoms in total. The minimum absolute atomic E-state index is 0.0686. The van der Waals surface area contributed by atoms with Gasteiger partial charge in [0.15, 0.2) is 0 Å². The number of hydrogen-bond acceptors (Lipinski definition) is 3. The molecule has 0 rings (SSSR count). The molecule has 0 aromatic rings. The van der Waals surface area contributed by atoms with Crippen molar-refractivity contribution in [2.75, 3.05) is 26.2 Å². The van der Waals surface area contributed by atoms with E-state index in [-0.39, 0.29) is 11.4 Å². The lowest BCUT2D eigenvalue weighted by Crippen LogP contribution is -2.33. The zero-order valence-electron chi connectivity index (χ0n) is 13.6. The number of unbranched alkanes of at least 4 members (excludes halogenated alkanes) is 2. The second kappa shape index (κ2) is 10.2. The van der Waals surface area contributed by atoms with E-state index in [4.69, 9.17) is 4.74 Å². The molecule has 0 aliphatic carbocycles. The van der Waals surface area contributed by atoms with E-state index in [9.17, 15) is 4.79 Å². The summed E-state index contributed by atoms with van der Waals surface area (Å²) in [5.74, 6) is -0.0686. The first-order chi connectivity index (χ1) is 8.97. The Bertz CT molecular complexity index is 231. The molecule has 0 amide bonds. The topological polar surface area (TPSA) is 29.5 Å². The smallest absolute Gasteiger partial charge is 0.311 e. The first kappa shape index (κ1) is 18.4. The van der Waals surface area contributed by atoms with Gasteiger partial charge < -0.3 is 4.74 Å². The summed E-state index contributed by atoms with van der Waals surface area (Å²) < 4.78 is 5.41. The van der Waals surface area contributed by atoms with Gasteiger partial charge in [0.2, 0.25) is 0 Å². The van der Waals surface area contributed by atoms with Crippen molar-refractivity contribution in [2.24, 2.45) is 5.41 Å². The molecule has 0 unspecified atom stereocenters. The quantitative estimate of drug-likeness (QED) is 0.534. The molecule has 3 heteroatoms. The van der Waals surface area contributed by atoms with Crippen molar-refractivity contribution in [3.8, 4) is 0 Å². The third kappa shape index (κ3) is 8.25. The highest BCUT2D eigenvalue weighted by atomic mass is 16.5. The molecule has 0 bridgehead atoms. The zero-order valence-corrected chi connectivity index (χ0v) is 13.6. The van der Waals surface area contributed by atoms with Crippen LogP contribution in [0, 0.1) is 5.41 Å². The highest BCUT2D eigenvalue weighted by Gasteiger charge is 2.26. The van der Waals surface area contributed by atoms with Gasteiger partial charge in [0.1, 0.15) is 6.61 Å². The standard InChI is InChI=1S/C16H33NO2/c1-6-9-11-17(12-10-7-2)13-14-19-15(18)16(4,5)8-3/h6-14H2,1-5H3. The number of esters is 1. The molecule has 0 aromatic heterocycles. The molecule has 0 saturated heterocycles. The third-order valence-electron chi connectivity index (χ3n) is 3.73. The normalized spacial score (nSPS) is 11.9. The fraction of sp³-hybridized carbons (Fsp3) is 0.938. The Hall–Kier alpha value is -0.570. The van der Waals surface area contributed by atoms with Gasteiger partial charge in [0, 0.05) is 6.54 Å². The summed E-state index contributed by atoms with van der Waals surface area (Å²) >= 11 is 0. The van der Waals surface area contributed by atoms with E-state index < -0.39 is 0 Å². The van der Waals surface area contributed by atoms with Gasteiger partial charge in [0.05, 0.1) is 5.41 Å². The molecule has 114 valence electrons. The Morgan fingerprint density at radius 1 is 1.00 bits per heavy atom. The molecular weight excluding hydrogens is 238 g/mol. The molecular formula is C16H33NO2. The number of hydrogen-bond donors (Lipinski definition) is 0. The van der Waals surface area contributed by atoms with E-state index in [1.54, 1.807) is 0 Å². The summed E-state index contributed by atoms with van der Waals surface area (Å²) in [6, 6.07) is 0. The predicted molar refractivity (Wildman–Crippen MR) is 81.3 cm³/mol. The van der Waals surface area contributed by atoms with Crippen LogP contribution in [0.4, 0.5) is 0 Å². The lowest BCUT2D eigenvalue weighted by molar-refractivity contribution is -0.154. The van der Waals surface area contributed by atoms with Gasteiger partial charge in [-0.15, -0.1) is 0 Å². The third-order valence-corrected chi connectivity index (χ3v) is 3.73. The van der Waals surface area contributed by atoms with Crippen LogP contribution in [0.25, 0.3) is 0 Å². The SMILES string of the molecule is CCCCN(CCCC)CCOC(=O)C(C)(C)CC. The molecule has 19 heavy (non-hydrogen) atoms. The van der Waals surface area contributed by atoms with Crippen LogP contribution in [0.2, 0.25) is 0 Å². The number of nitrogens with zero attached hydrogens (tertiary/aromatic N) is 1. The second-order valence-electron chi connectivity index (χ2n) is 5.92. The summed E-state index contributed by atoms with van der Waals surface area (Å²) in [5, 5.41) is 0. The van der Waals surface area contributed by atoms with Crippen molar-refractivity contribution in [1.82, 2.24) is 4.90 Å². The van der Waals surface area contributed by atoms with Crippen molar-refractivity contribution < 1.29 is 9.53 Å². The van der Waals surface area contributed by atoms with Crippen molar-refractivity contribution in [1.29, 1.82) is 0 Å². The van der Waals surface area contributed by atoms with Crippen LogP contribution in [-0.4, -0.2) is 37.1 Å². The molecule has 0 heterocycles. The van der Waals surface area contributed by atoms with Crippen LogP contribution in [-0.2, 0) is 9.53 Å². The van der Waals surface area contributed by atoms with E-state index >= 15 is 0 Å². The van der Waals surface area contributed by atoms with Crippen LogP contribution in [0.1, 0.15) is 66.7 Å². The maximum atomic E-state index is 11.9. The molecule has 0 fully saturated rings. The zero-order chi connectivity index (χ0) is 14.7. The minimum Gasteiger partial charge on any atom is -0.464 e. The Balaban J connectivity index is 3.99. The summed E-state index contributed by atoms with van der Waals surface area (Å²) in [6.45, 7) is 14.0. The monoisotopic (exact) mass is 271 g/mol. The maximum Gasteiger partial charge on any atom is 0.311 e. The van der Waals surface area contributed by atoms with Gasteiger partial charge >= 0.3 is 5.97 Å². The van der Waals surface area contributed by atoms with Crippen molar-refractivity contribution in [3.05, 3.63) is 0 Å². The van der Waals surface area contributed by atoms with Gasteiger partial charge in [-0.05, 0) is 46.2 Å². The first-order valence-electron chi connectivity index (χ1n) is 7.87. The van der Waals surface area contributed by atoms with Crippen molar-refractivity contribution in [3.63, 3.8) is 0 Å². The van der Waals surface area contributed by atoms with E-state index in [1.807, 2.05) is 20.8 Å². The van der Waals surface area contributed by atoms with Crippen LogP contribution in [0.15, 0.2) is 0 Å². The average Bonchev–Trinajstić information content (AvgIpc) is 2.40. The predicted octanol–water partition coefficient (Wildman–Crippen LogP) is 3.87. The van der Waals surface area contributed by atoms with Crippen LogP contribution in [0.5, 0.6) is 0 Å². The van der Waals surface area contributed by atoms with Crippen LogP contribution >= 0.6 is 0 Å². The summed E-state index contributed by atoms with van der Waals surface area (Å²) in [5.41, 5.74) is -0.350. The molecule has 0 aromatic carbocycles. The molecule has 0 aliphatic rings.